The van der Waals surface area contributed by atoms with Gasteiger partial charge in [-0.3, -0.25) is 72.1 Å². The monoisotopic (exact) mass is 1700 g/mol. The van der Waals surface area contributed by atoms with Gasteiger partial charge in [0.25, 0.3) is 47.3 Å². The molecule has 1 unspecified atom stereocenters. The lowest BCUT2D eigenvalue weighted by Crippen LogP contribution is -2.48. The summed E-state index contributed by atoms with van der Waals surface area (Å²) in [6, 6.07) is 36.7. The van der Waals surface area contributed by atoms with Crippen LogP contribution in [0.2, 0.25) is 0 Å². The van der Waals surface area contributed by atoms with Crippen LogP contribution in [0, 0.1) is 0 Å². The van der Waals surface area contributed by atoms with E-state index in [4.69, 9.17) is 18.9 Å². The number of rotatable bonds is 26. The second kappa shape index (κ2) is 50.1. The molecule has 0 aromatic heterocycles. The minimum Gasteiger partial charge on any atom is -0.506 e. The van der Waals surface area contributed by atoms with Crippen LogP contribution in [-0.2, 0) is 35.1 Å². The van der Waals surface area contributed by atoms with Crippen LogP contribution in [0.4, 0.5) is 4.79 Å². The van der Waals surface area contributed by atoms with Gasteiger partial charge in [0.15, 0.2) is 0 Å². The average molecular weight is 1700 g/mol. The Morgan fingerprint density at radius 1 is 0.390 bits per heavy atom. The second-order valence-electron chi connectivity index (χ2n) is 29.7. The Balaban J connectivity index is 1.05. The largest absolute Gasteiger partial charge is 0.506 e. The maximum Gasteiger partial charge on any atom is 0.408 e. The van der Waals surface area contributed by atoms with Crippen LogP contribution >= 0.6 is 0 Å². The SMILES string of the molecule is CCCCOc1c2cccc1C(=O)NCCN(CCN1CCNC(=O)c3cccc(c3OCCCC)C(=O)NCCN(C(=O)CNC(=O)CNC(=O)CNC(=O)CNC(=O)CNC(=O)OC(C)(C)C)CCNC(=O)c3cccc(c3OC(Cc3ccccc3)c3ccccc3)C(=O)NCC1)CCNC(=O)c1cccc(c1O)C(=O)NCCNCCNC2=O. The third kappa shape index (κ3) is 31.7. The Morgan fingerprint density at radius 2 is 0.715 bits per heavy atom. The molecule has 0 spiro atoms. The van der Waals surface area contributed by atoms with Crippen LogP contribution in [0.1, 0.15) is 160 Å². The highest BCUT2D eigenvalue weighted by Gasteiger charge is 2.30. The summed E-state index contributed by atoms with van der Waals surface area (Å²) in [6.07, 6.45) is 1.33. The van der Waals surface area contributed by atoms with Crippen LogP contribution in [-0.4, -0.2) is 272 Å². The van der Waals surface area contributed by atoms with Crippen LogP contribution in [0.3, 0.4) is 0 Å². The number of alkyl carbamates (subject to hydrolysis) is 1. The molecular formula is C87H113N17O19. The van der Waals surface area contributed by atoms with Crippen LogP contribution < -0.4 is 88.6 Å². The van der Waals surface area contributed by atoms with Gasteiger partial charge >= 0.3 is 6.09 Å². The fourth-order valence-corrected chi connectivity index (χ4v) is 12.7. The lowest BCUT2D eigenvalue weighted by atomic mass is 10.0. The summed E-state index contributed by atoms with van der Waals surface area (Å²) in [5.74, 6) is -9.22. The second-order valence-corrected chi connectivity index (χ2v) is 29.7. The normalized spacial score (nSPS) is 15.4. The minimum atomic E-state index is -0.844. The molecule has 0 radical (unpaired) electrons. The smallest absolute Gasteiger partial charge is 0.408 e. The molecule has 0 saturated heterocycles. The molecule has 8 rings (SSSR count). The maximum atomic E-state index is 15.1. The van der Waals surface area contributed by atoms with Gasteiger partial charge in [-0.2, -0.15) is 0 Å². The van der Waals surface area contributed by atoms with Gasteiger partial charge in [-0.15, -0.1) is 0 Å². The van der Waals surface area contributed by atoms with Crippen LogP contribution in [0.15, 0.2) is 133 Å². The number of hydrogen-bond acceptors (Lipinski definition) is 22. The van der Waals surface area contributed by atoms with Crippen molar-refractivity contribution in [3.63, 3.8) is 0 Å². The van der Waals surface area contributed by atoms with Gasteiger partial charge in [-0.1, -0.05) is 112 Å². The summed E-state index contributed by atoms with van der Waals surface area (Å²) in [5, 5.41) is 49.3. The minimum absolute atomic E-state index is 0.00153. The number of unbranched alkanes of at least 4 members (excludes halogenated alkanes) is 2. The number of benzene rings is 6. The number of nitrogens with zero attached hydrogens (tertiary/aromatic N) is 3. The number of ether oxygens (including phenoxy) is 4. The van der Waals surface area contributed by atoms with Crippen molar-refractivity contribution in [2.24, 2.45) is 0 Å². The number of phenolic OH excluding ortho intramolecular Hbond substituents is 1. The van der Waals surface area contributed by atoms with Crippen LogP contribution in [0.25, 0.3) is 0 Å². The molecule has 2 heterocycles. The number of fused-ring (bicyclic) bond motifs is 8. The van der Waals surface area contributed by atoms with E-state index >= 15 is 4.79 Å². The molecule has 14 amide bonds. The summed E-state index contributed by atoms with van der Waals surface area (Å²) in [5.41, 5.74) is 0.716. The van der Waals surface area contributed by atoms with E-state index < -0.39 is 133 Å². The zero-order chi connectivity index (χ0) is 88.5. The Kier molecular flexibility index (Phi) is 38.8. The van der Waals surface area contributed by atoms with Gasteiger partial charge in [0.1, 0.15) is 41.2 Å². The third-order valence-corrected chi connectivity index (χ3v) is 19.2. The van der Waals surface area contributed by atoms with Gasteiger partial charge in [0.05, 0.1) is 83.9 Å². The number of nitrogens with one attached hydrogen (secondary N) is 14. The lowest BCUT2D eigenvalue weighted by molar-refractivity contribution is -0.133. The fraction of sp³-hybridized carbons (Fsp3) is 0.425. The Hall–Kier alpha value is -13.2. The molecule has 0 saturated carbocycles. The molecule has 2 aliphatic heterocycles. The van der Waals surface area contributed by atoms with Crippen LogP contribution in [0.5, 0.6) is 23.0 Å². The molecule has 36 nitrogen and oxygen atoms in total. The first-order valence-corrected chi connectivity index (χ1v) is 41.3. The first-order valence-electron chi connectivity index (χ1n) is 41.3. The van der Waals surface area contributed by atoms with Gasteiger partial charge in [-0.25, -0.2) is 4.79 Å². The van der Waals surface area contributed by atoms with Crippen molar-refractivity contribution in [3.8, 4) is 23.0 Å². The van der Waals surface area contributed by atoms with E-state index in [1.165, 1.54) is 59.5 Å². The van der Waals surface area contributed by atoms with E-state index in [1.54, 1.807) is 39.0 Å². The molecule has 0 aliphatic carbocycles. The zero-order valence-electron chi connectivity index (χ0n) is 70.1. The number of aromatic hydroxyl groups is 1. The summed E-state index contributed by atoms with van der Waals surface area (Å²) < 4.78 is 24.5. The quantitative estimate of drug-likeness (QED) is 0.0346. The molecule has 2 aliphatic rings. The Labute approximate surface area is 714 Å². The number of amides is 14. The fourth-order valence-electron chi connectivity index (χ4n) is 12.7. The number of phenols is 1. The molecule has 8 bridgehead atoms. The molecule has 6 aromatic rings. The van der Waals surface area contributed by atoms with E-state index in [0.29, 0.717) is 37.9 Å². The predicted molar refractivity (Wildman–Crippen MR) is 455 cm³/mol. The molecular weight excluding hydrogens is 1590 g/mol. The topological polar surface area (TPSA) is 474 Å². The summed E-state index contributed by atoms with van der Waals surface area (Å²) >= 11 is 0. The average Bonchev–Trinajstić information content (AvgIpc) is 0.784. The van der Waals surface area contributed by atoms with Crippen molar-refractivity contribution in [2.75, 3.05) is 164 Å². The van der Waals surface area contributed by atoms with Crippen molar-refractivity contribution in [1.82, 2.24) is 89.1 Å². The number of hydrogen-bond donors (Lipinski definition) is 15. The molecule has 0 fully saturated rings. The molecule has 15 N–H and O–H groups in total. The molecule has 36 heteroatoms. The van der Waals surface area contributed by atoms with Crippen molar-refractivity contribution in [2.45, 2.75) is 78.4 Å². The number of carbonyl (C=O) groups is 14. The summed E-state index contributed by atoms with van der Waals surface area (Å²) in [6.45, 7) is 7.40. The molecule has 1 atom stereocenters. The number of carbonyl (C=O) groups excluding carboxylic acids is 14. The van der Waals surface area contributed by atoms with Gasteiger partial charge < -0.3 is 103 Å². The van der Waals surface area contributed by atoms with E-state index in [0.717, 1.165) is 12.0 Å². The van der Waals surface area contributed by atoms with E-state index in [1.807, 2.05) is 84.3 Å². The molecule has 123 heavy (non-hydrogen) atoms. The predicted octanol–water partition coefficient (Wildman–Crippen LogP) is 2.09. The highest BCUT2D eigenvalue weighted by molar-refractivity contribution is 6.07. The van der Waals surface area contributed by atoms with Crippen molar-refractivity contribution < 1.29 is 91.2 Å². The van der Waals surface area contributed by atoms with Gasteiger partial charge in [0, 0.05) is 124 Å². The van der Waals surface area contributed by atoms with E-state index in [9.17, 15) is 67.4 Å². The van der Waals surface area contributed by atoms with Crippen molar-refractivity contribution in [3.05, 3.63) is 189 Å². The summed E-state index contributed by atoms with van der Waals surface area (Å²) in [7, 11) is 0. The maximum absolute atomic E-state index is 15.1. The van der Waals surface area contributed by atoms with Crippen molar-refractivity contribution in [1.29, 1.82) is 0 Å². The standard InChI is InChI=1S/C87H113N17O19/c1-6-8-50-120-75-62-26-17-27-63(75)81(114)92-37-43-102(42-36-91-79(112)61-25-16-24-60(74(61)110)78(111)89-34-32-88-33-35-90-80(62)113)48-49-103-44-38-93-82(115)64-28-18-29-65(76(64)121-51-9-7-2)83(116)95-40-46-104(73(109)57-100-71(107)55-98-69(105)53-97-70(106)54-99-72(108)56-101-86(119)123-87(3,4)5)47-41-96-85(118)67-31-19-30-66(84(117)94-39-45-103)77(67)122-68(59-22-14-11-15-23-59)52-58-20-12-10-13-21-58/h10-31,68,88,110H,6-9,32-57H2,1-5H3,(H,89,111)(H,90,113)(H,91,112)(H,92,114)(H,93,115)(H,94,117)(H,95,116)(H,96,118)(H,97,106)(H,98,105)(H,99,108)(H,100,107)(H,101,119). The highest BCUT2D eigenvalue weighted by Crippen LogP contribution is 2.33. The first kappa shape index (κ1) is 95.3. The Bertz CT molecular complexity index is 4630. The van der Waals surface area contributed by atoms with Gasteiger partial charge in [-0.05, 0) is 93.3 Å². The third-order valence-electron chi connectivity index (χ3n) is 19.2. The van der Waals surface area contributed by atoms with Gasteiger partial charge in [0.2, 0.25) is 29.5 Å². The lowest BCUT2D eigenvalue weighted by Gasteiger charge is -2.28. The highest BCUT2D eigenvalue weighted by atomic mass is 16.6. The van der Waals surface area contributed by atoms with E-state index in [2.05, 4.69) is 74.4 Å². The summed E-state index contributed by atoms with van der Waals surface area (Å²) in [4.78, 5) is 197. The molecule has 660 valence electrons. The Morgan fingerprint density at radius 3 is 1.09 bits per heavy atom. The zero-order valence-corrected chi connectivity index (χ0v) is 70.1. The van der Waals surface area contributed by atoms with Crippen molar-refractivity contribution >= 4 is 82.9 Å². The first-order chi connectivity index (χ1) is 59.3. The van der Waals surface area contributed by atoms with E-state index in [-0.39, 0.29) is 186 Å². The number of para-hydroxylation sites is 4. The molecule has 6 aromatic carbocycles.